The zero-order valence-electron chi connectivity index (χ0n) is 11.9. The standard InChI is InChI=1S/C14H20N4O2/c1-3-11-4-5-13(14(8-11)19-2)20-7-6-18-10-12(9-15)16-17-18/h4-5,8,10H,3,6-7,9,15H2,1-2H3. The Kier molecular flexibility index (Phi) is 4.95. The summed E-state index contributed by atoms with van der Waals surface area (Å²) in [5.41, 5.74) is 7.48. The molecule has 0 radical (unpaired) electrons. The number of rotatable bonds is 7. The Balaban J connectivity index is 1.93. The Morgan fingerprint density at radius 3 is 2.80 bits per heavy atom. The first-order valence-electron chi connectivity index (χ1n) is 6.65. The molecule has 108 valence electrons. The van der Waals surface area contributed by atoms with Crippen LogP contribution in [0.4, 0.5) is 0 Å². The van der Waals surface area contributed by atoms with Gasteiger partial charge in [0.05, 0.1) is 19.3 Å². The molecular weight excluding hydrogens is 256 g/mol. The molecule has 0 amide bonds. The quantitative estimate of drug-likeness (QED) is 0.827. The summed E-state index contributed by atoms with van der Waals surface area (Å²) in [6.07, 6.45) is 2.79. The van der Waals surface area contributed by atoms with E-state index in [-0.39, 0.29) is 0 Å². The van der Waals surface area contributed by atoms with Crippen LogP contribution in [-0.2, 0) is 19.5 Å². The molecule has 20 heavy (non-hydrogen) atoms. The predicted octanol–water partition coefficient (Wildman–Crippen LogP) is 1.39. The van der Waals surface area contributed by atoms with E-state index in [0.717, 1.165) is 23.6 Å². The lowest BCUT2D eigenvalue weighted by Crippen LogP contribution is -2.09. The third kappa shape index (κ3) is 3.48. The Bertz CT molecular complexity index is 554. The van der Waals surface area contributed by atoms with Crippen molar-refractivity contribution in [3.05, 3.63) is 35.7 Å². The molecule has 0 unspecified atom stereocenters. The van der Waals surface area contributed by atoms with E-state index in [4.69, 9.17) is 15.2 Å². The average molecular weight is 276 g/mol. The molecule has 2 rings (SSSR count). The van der Waals surface area contributed by atoms with Crippen molar-refractivity contribution in [3.63, 3.8) is 0 Å². The highest BCUT2D eigenvalue weighted by molar-refractivity contribution is 5.42. The van der Waals surface area contributed by atoms with Crippen LogP contribution >= 0.6 is 0 Å². The third-order valence-electron chi connectivity index (χ3n) is 3.01. The second kappa shape index (κ2) is 6.91. The van der Waals surface area contributed by atoms with Gasteiger partial charge in [-0.1, -0.05) is 18.2 Å². The second-order valence-corrected chi connectivity index (χ2v) is 4.36. The van der Waals surface area contributed by atoms with Crippen molar-refractivity contribution in [2.45, 2.75) is 26.4 Å². The summed E-state index contributed by atoms with van der Waals surface area (Å²) >= 11 is 0. The van der Waals surface area contributed by atoms with E-state index in [2.05, 4.69) is 17.2 Å². The maximum atomic E-state index is 5.73. The molecule has 0 aliphatic heterocycles. The van der Waals surface area contributed by atoms with Crippen molar-refractivity contribution >= 4 is 0 Å². The second-order valence-electron chi connectivity index (χ2n) is 4.36. The number of ether oxygens (including phenoxy) is 2. The predicted molar refractivity (Wildman–Crippen MR) is 75.8 cm³/mol. The maximum Gasteiger partial charge on any atom is 0.161 e. The van der Waals surface area contributed by atoms with E-state index in [1.54, 1.807) is 11.8 Å². The van der Waals surface area contributed by atoms with Crippen molar-refractivity contribution < 1.29 is 9.47 Å². The van der Waals surface area contributed by atoms with Gasteiger partial charge in [-0.3, -0.25) is 0 Å². The molecule has 6 heteroatoms. The zero-order chi connectivity index (χ0) is 14.4. The van der Waals surface area contributed by atoms with Gasteiger partial charge in [0.15, 0.2) is 11.5 Å². The fourth-order valence-corrected chi connectivity index (χ4v) is 1.84. The van der Waals surface area contributed by atoms with Gasteiger partial charge in [-0.15, -0.1) is 5.10 Å². The van der Waals surface area contributed by atoms with Gasteiger partial charge < -0.3 is 15.2 Å². The van der Waals surface area contributed by atoms with E-state index >= 15 is 0 Å². The summed E-state index contributed by atoms with van der Waals surface area (Å²) in [6.45, 7) is 3.61. The number of benzene rings is 1. The third-order valence-corrected chi connectivity index (χ3v) is 3.01. The molecule has 0 saturated heterocycles. The normalized spacial score (nSPS) is 10.6. The highest BCUT2D eigenvalue weighted by Crippen LogP contribution is 2.28. The van der Waals surface area contributed by atoms with Gasteiger partial charge in [-0.25, -0.2) is 4.68 Å². The van der Waals surface area contributed by atoms with Gasteiger partial charge in [0, 0.05) is 12.7 Å². The first kappa shape index (κ1) is 14.3. The van der Waals surface area contributed by atoms with E-state index in [1.165, 1.54) is 5.56 Å². The molecular formula is C14H20N4O2. The van der Waals surface area contributed by atoms with Crippen LogP contribution in [0.5, 0.6) is 11.5 Å². The minimum Gasteiger partial charge on any atom is -0.493 e. The van der Waals surface area contributed by atoms with Crippen LogP contribution in [-0.4, -0.2) is 28.7 Å². The zero-order valence-corrected chi connectivity index (χ0v) is 11.9. The summed E-state index contributed by atoms with van der Waals surface area (Å²) < 4.78 is 12.8. The van der Waals surface area contributed by atoms with E-state index in [9.17, 15) is 0 Å². The molecule has 0 spiro atoms. The number of aromatic nitrogens is 3. The van der Waals surface area contributed by atoms with Crippen molar-refractivity contribution in [3.8, 4) is 11.5 Å². The Morgan fingerprint density at radius 1 is 1.30 bits per heavy atom. The Labute approximate surface area is 118 Å². The molecule has 6 nitrogen and oxygen atoms in total. The van der Waals surface area contributed by atoms with Crippen molar-refractivity contribution in [2.24, 2.45) is 5.73 Å². The van der Waals surface area contributed by atoms with Gasteiger partial charge in [0.25, 0.3) is 0 Å². The number of hydrogen-bond donors (Lipinski definition) is 1. The first-order valence-corrected chi connectivity index (χ1v) is 6.65. The Morgan fingerprint density at radius 2 is 2.15 bits per heavy atom. The topological polar surface area (TPSA) is 75.2 Å². The van der Waals surface area contributed by atoms with Crippen LogP contribution in [0.1, 0.15) is 18.2 Å². The maximum absolute atomic E-state index is 5.73. The molecule has 0 atom stereocenters. The molecule has 2 N–H and O–H groups in total. The number of hydrogen-bond acceptors (Lipinski definition) is 5. The summed E-state index contributed by atoms with van der Waals surface area (Å²) in [5, 5.41) is 7.89. The lowest BCUT2D eigenvalue weighted by Gasteiger charge is -2.11. The number of nitrogens with two attached hydrogens (primary N) is 1. The van der Waals surface area contributed by atoms with Gasteiger partial charge in [0.2, 0.25) is 0 Å². The average Bonchev–Trinajstić information content (AvgIpc) is 2.95. The molecule has 1 heterocycles. The van der Waals surface area contributed by atoms with Gasteiger partial charge in [0.1, 0.15) is 6.61 Å². The Hall–Kier alpha value is -2.08. The van der Waals surface area contributed by atoms with Gasteiger partial charge >= 0.3 is 0 Å². The molecule has 0 saturated carbocycles. The van der Waals surface area contributed by atoms with Crippen LogP contribution in [0.25, 0.3) is 0 Å². The van der Waals surface area contributed by atoms with Gasteiger partial charge in [-0.05, 0) is 24.1 Å². The van der Waals surface area contributed by atoms with Crippen LogP contribution in [0.3, 0.4) is 0 Å². The smallest absolute Gasteiger partial charge is 0.161 e. The summed E-state index contributed by atoms with van der Waals surface area (Å²) in [5.74, 6) is 1.49. The summed E-state index contributed by atoms with van der Waals surface area (Å²) in [6, 6.07) is 5.97. The van der Waals surface area contributed by atoms with Crippen LogP contribution in [0.15, 0.2) is 24.4 Å². The minimum absolute atomic E-state index is 0.396. The number of nitrogens with zero attached hydrogens (tertiary/aromatic N) is 3. The molecule has 1 aromatic carbocycles. The molecule has 1 aromatic heterocycles. The molecule has 0 bridgehead atoms. The van der Waals surface area contributed by atoms with Gasteiger partial charge in [-0.2, -0.15) is 0 Å². The largest absolute Gasteiger partial charge is 0.493 e. The fourth-order valence-electron chi connectivity index (χ4n) is 1.84. The van der Waals surface area contributed by atoms with Crippen molar-refractivity contribution in [1.82, 2.24) is 15.0 Å². The molecule has 0 fully saturated rings. The summed E-state index contributed by atoms with van der Waals surface area (Å²) in [7, 11) is 1.65. The monoisotopic (exact) mass is 276 g/mol. The summed E-state index contributed by atoms with van der Waals surface area (Å²) in [4.78, 5) is 0. The van der Waals surface area contributed by atoms with E-state index in [1.807, 2.05) is 24.4 Å². The highest BCUT2D eigenvalue weighted by atomic mass is 16.5. The number of methoxy groups -OCH3 is 1. The fraction of sp³-hybridized carbons (Fsp3) is 0.429. The SMILES string of the molecule is CCc1ccc(OCCn2cc(CN)nn2)c(OC)c1. The van der Waals surface area contributed by atoms with Crippen molar-refractivity contribution in [1.29, 1.82) is 0 Å². The lowest BCUT2D eigenvalue weighted by atomic mass is 10.1. The lowest BCUT2D eigenvalue weighted by molar-refractivity contribution is 0.273. The molecule has 0 aliphatic rings. The number of aryl methyl sites for hydroxylation is 1. The molecule has 2 aromatic rings. The van der Waals surface area contributed by atoms with E-state index in [0.29, 0.717) is 19.7 Å². The van der Waals surface area contributed by atoms with Crippen LogP contribution in [0, 0.1) is 0 Å². The first-order chi connectivity index (χ1) is 9.76. The van der Waals surface area contributed by atoms with Crippen LogP contribution < -0.4 is 15.2 Å². The highest BCUT2D eigenvalue weighted by Gasteiger charge is 2.05. The van der Waals surface area contributed by atoms with E-state index < -0.39 is 0 Å². The van der Waals surface area contributed by atoms with Crippen molar-refractivity contribution in [2.75, 3.05) is 13.7 Å². The van der Waals surface area contributed by atoms with Crippen LogP contribution in [0.2, 0.25) is 0 Å². The minimum atomic E-state index is 0.396. The molecule has 0 aliphatic carbocycles.